The molecule has 0 fully saturated rings. The van der Waals surface area contributed by atoms with Gasteiger partial charge in [0, 0.05) is 0 Å². The normalized spacial score (nSPS) is 16.6. The number of halogens is 1. The predicted molar refractivity (Wildman–Crippen MR) is 66.4 cm³/mol. The molecule has 0 aliphatic carbocycles. The molecule has 0 unspecified atom stereocenters. The summed E-state index contributed by atoms with van der Waals surface area (Å²) in [5.41, 5.74) is 0.618. The third kappa shape index (κ3) is 4.87. The Morgan fingerprint density at radius 2 is 1.52 bits per heavy atom. The highest BCUT2D eigenvalue weighted by atomic mass is 19.1. The Kier molecular flexibility index (Phi) is 6.38. The van der Waals surface area contributed by atoms with Crippen molar-refractivity contribution in [3.63, 3.8) is 0 Å². The minimum atomic E-state index is -2.56. The summed E-state index contributed by atoms with van der Waals surface area (Å²) >= 11 is 0. The molecule has 4 atom stereocenters. The summed E-state index contributed by atoms with van der Waals surface area (Å²) in [6, 6.07) is 6.14. The van der Waals surface area contributed by atoms with E-state index in [1.807, 2.05) is 0 Å². The van der Waals surface area contributed by atoms with Gasteiger partial charge < -0.3 is 25.2 Å². The molecule has 0 heterocycles. The first-order valence-electron chi connectivity index (χ1n) is 5.96. The van der Waals surface area contributed by atoms with Crippen LogP contribution in [0.1, 0.15) is 5.56 Å². The number of aliphatic hydroxyl groups is 4. The number of hydrogen-bond acceptors (Lipinski definition) is 7. The molecule has 0 aromatic heterocycles. The molecular weight excluding hydrogens is 287 g/mol. The average Bonchev–Trinajstić information content (AvgIpc) is 2.50. The minimum Gasteiger partial charge on any atom is -0.459 e. The third-order valence-electron chi connectivity index (χ3n) is 2.69. The fraction of sp³-hybridized carbons (Fsp3) is 0.385. The maximum absolute atomic E-state index is 12.2. The van der Waals surface area contributed by atoms with Crippen LogP contribution in [0.2, 0.25) is 0 Å². The van der Waals surface area contributed by atoms with Crippen LogP contribution < -0.4 is 0 Å². The number of carbonyl (C=O) groups excluding carboxylic acids is 2. The second kappa shape index (κ2) is 7.79. The van der Waals surface area contributed by atoms with Crippen molar-refractivity contribution >= 4 is 12.0 Å². The third-order valence-corrected chi connectivity index (χ3v) is 2.69. The van der Waals surface area contributed by atoms with Crippen molar-refractivity contribution in [2.75, 3.05) is 0 Å². The van der Waals surface area contributed by atoms with Crippen LogP contribution in [0.5, 0.6) is 0 Å². The molecule has 4 N–H and O–H groups in total. The molecule has 7 nitrogen and oxygen atoms in total. The van der Waals surface area contributed by atoms with Gasteiger partial charge in [-0.2, -0.15) is 4.39 Å². The highest BCUT2D eigenvalue weighted by Crippen LogP contribution is 2.09. The largest absolute Gasteiger partial charge is 0.459 e. The van der Waals surface area contributed by atoms with Gasteiger partial charge in [-0.25, -0.2) is 4.79 Å². The number of benzene rings is 1. The Hall–Kier alpha value is -1.87. The van der Waals surface area contributed by atoms with Gasteiger partial charge in [0.2, 0.25) is 0 Å². The first-order chi connectivity index (χ1) is 9.84. The number of esters is 1. The van der Waals surface area contributed by atoms with Gasteiger partial charge in [-0.3, -0.25) is 4.79 Å². The Labute approximate surface area is 119 Å². The summed E-state index contributed by atoms with van der Waals surface area (Å²) in [5.74, 6) is -1.29. The van der Waals surface area contributed by atoms with Crippen LogP contribution >= 0.6 is 0 Å². The number of ether oxygens (including phenoxy) is 1. The first kappa shape index (κ1) is 17.2. The summed E-state index contributed by atoms with van der Waals surface area (Å²) in [5, 5.41) is 37.0. The Morgan fingerprint density at radius 1 is 1.00 bits per heavy atom. The van der Waals surface area contributed by atoms with E-state index in [0.29, 0.717) is 5.56 Å². The highest BCUT2D eigenvalue weighted by Gasteiger charge is 2.38. The second-order valence-corrected chi connectivity index (χ2v) is 4.27. The highest BCUT2D eigenvalue weighted by molar-refractivity contribution is 5.76. The molecule has 1 rings (SSSR count). The lowest BCUT2D eigenvalue weighted by atomic mass is 10.0. The van der Waals surface area contributed by atoms with Crippen molar-refractivity contribution in [2.24, 2.45) is 0 Å². The predicted octanol–water partition coefficient (Wildman–Crippen LogP) is -1.33. The van der Waals surface area contributed by atoms with Crippen LogP contribution in [0.25, 0.3) is 0 Å². The molecular formula is C13H15FO7. The lowest BCUT2D eigenvalue weighted by Crippen LogP contribution is -2.49. The van der Waals surface area contributed by atoms with Crippen LogP contribution in [0.4, 0.5) is 4.39 Å². The molecule has 0 amide bonds. The van der Waals surface area contributed by atoms with Crippen molar-refractivity contribution in [3.8, 4) is 0 Å². The molecule has 0 saturated heterocycles. The Morgan fingerprint density at radius 3 is 2.05 bits per heavy atom. The maximum Gasteiger partial charge on any atom is 0.338 e. The average molecular weight is 302 g/mol. The van der Waals surface area contributed by atoms with Gasteiger partial charge in [-0.05, 0) is 5.56 Å². The molecule has 1 aromatic carbocycles. The van der Waals surface area contributed by atoms with E-state index in [4.69, 9.17) is 5.11 Å². The van der Waals surface area contributed by atoms with E-state index >= 15 is 0 Å². The standard InChI is InChI=1S/C13H15FO7/c14-12(19)10(17)8(15)9(16)11(18)13(20)21-6-7-4-2-1-3-5-7/h1-5,8-11,15-18H,6H2/t8-,9-,10+,11-/m0/s1. The number of aliphatic hydroxyl groups excluding tert-OH is 4. The number of rotatable bonds is 7. The van der Waals surface area contributed by atoms with Gasteiger partial charge in [-0.15, -0.1) is 0 Å². The minimum absolute atomic E-state index is 0.190. The van der Waals surface area contributed by atoms with Gasteiger partial charge in [0.15, 0.2) is 12.2 Å². The zero-order chi connectivity index (χ0) is 16.0. The quantitative estimate of drug-likeness (QED) is 0.363. The maximum atomic E-state index is 12.2. The lowest BCUT2D eigenvalue weighted by Gasteiger charge is -2.23. The monoisotopic (exact) mass is 302 g/mol. The number of hydrogen-bond donors (Lipinski definition) is 4. The second-order valence-electron chi connectivity index (χ2n) is 4.27. The smallest absolute Gasteiger partial charge is 0.338 e. The van der Waals surface area contributed by atoms with Gasteiger partial charge >= 0.3 is 12.0 Å². The van der Waals surface area contributed by atoms with E-state index in [0.717, 1.165) is 0 Å². The van der Waals surface area contributed by atoms with Crippen molar-refractivity contribution < 1.29 is 39.1 Å². The Balaban J connectivity index is 2.55. The van der Waals surface area contributed by atoms with Crippen molar-refractivity contribution in [1.82, 2.24) is 0 Å². The molecule has 8 heteroatoms. The molecule has 0 radical (unpaired) electrons. The van der Waals surface area contributed by atoms with Crippen LogP contribution in [-0.4, -0.2) is 56.8 Å². The fourth-order valence-corrected chi connectivity index (χ4v) is 1.46. The van der Waals surface area contributed by atoms with Crippen LogP contribution in [0.3, 0.4) is 0 Å². The summed E-state index contributed by atoms with van der Waals surface area (Å²) in [4.78, 5) is 21.7. The number of carbonyl (C=O) groups is 2. The van der Waals surface area contributed by atoms with Crippen LogP contribution in [0, 0.1) is 0 Å². The zero-order valence-corrected chi connectivity index (χ0v) is 10.8. The van der Waals surface area contributed by atoms with Crippen molar-refractivity contribution in [3.05, 3.63) is 35.9 Å². The van der Waals surface area contributed by atoms with Gasteiger partial charge in [0.1, 0.15) is 18.8 Å². The molecule has 0 aliphatic heterocycles. The van der Waals surface area contributed by atoms with Crippen LogP contribution in [0.15, 0.2) is 30.3 Å². The van der Waals surface area contributed by atoms with E-state index in [1.54, 1.807) is 30.3 Å². The topological polar surface area (TPSA) is 124 Å². The van der Waals surface area contributed by atoms with Crippen molar-refractivity contribution in [1.29, 1.82) is 0 Å². The summed E-state index contributed by atoms with van der Waals surface area (Å²) in [6.07, 6.45) is -9.43. The van der Waals surface area contributed by atoms with Crippen molar-refractivity contribution in [2.45, 2.75) is 31.0 Å². The molecule has 0 aliphatic rings. The van der Waals surface area contributed by atoms with E-state index in [-0.39, 0.29) is 6.61 Å². The van der Waals surface area contributed by atoms with Gasteiger partial charge in [-0.1, -0.05) is 30.3 Å². The van der Waals surface area contributed by atoms with E-state index in [9.17, 15) is 29.3 Å². The Bertz CT molecular complexity index is 479. The molecule has 116 valence electrons. The lowest BCUT2D eigenvalue weighted by molar-refractivity contribution is -0.174. The SMILES string of the molecule is O=C(OCc1ccccc1)[C@@H](O)[C@@H](O)[C@H](O)[C@@H](O)C(=O)F. The molecule has 0 saturated carbocycles. The van der Waals surface area contributed by atoms with Gasteiger partial charge in [0.05, 0.1) is 0 Å². The van der Waals surface area contributed by atoms with E-state index < -0.39 is 36.4 Å². The van der Waals surface area contributed by atoms with E-state index in [2.05, 4.69) is 4.74 Å². The van der Waals surface area contributed by atoms with E-state index in [1.165, 1.54) is 0 Å². The zero-order valence-electron chi connectivity index (χ0n) is 10.8. The summed E-state index contributed by atoms with van der Waals surface area (Å²) in [7, 11) is 0. The van der Waals surface area contributed by atoms with Gasteiger partial charge in [0.25, 0.3) is 0 Å². The van der Waals surface area contributed by atoms with Crippen LogP contribution in [-0.2, 0) is 20.9 Å². The molecule has 1 aromatic rings. The summed E-state index contributed by atoms with van der Waals surface area (Å²) < 4.78 is 16.9. The summed E-state index contributed by atoms with van der Waals surface area (Å²) in [6.45, 7) is -0.190. The molecule has 0 spiro atoms. The first-order valence-corrected chi connectivity index (χ1v) is 5.96. The molecule has 21 heavy (non-hydrogen) atoms. The molecule has 0 bridgehead atoms. The fourth-order valence-electron chi connectivity index (χ4n) is 1.46.